The summed E-state index contributed by atoms with van der Waals surface area (Å²) in [5, 5.41) is 13.4. The highest BCUT2D eigenvalue weighted by atomic mass is 16.5. The summed E-state index contributed by atoms with van der Waals surface area (Å²) in [6, 6.07) is 41.4. The highest BCUT2D eigenvalue weighted by Crippen LogP contribution is 2.46. The molecule has 5 nitrogen and oxygen atoms in total. The summed E-state index contributed by atoms with van der Waals surface area (Å²) in [5.74, 6) is 1.51. The van der Waals surface area contributed by atoms with E-state index in [0.717, 1.165) is 63.0 Å². The van der Waals surface area contributed by atoms with Gasteiger partial charge < -0.3 is 15.5 Å². The van der Waals surface area contributed by atoms with Gasteiger partial charge in [0.1, 0.15) is 11.6 Å². The Morgan fingerprint density at radius 1 is 0.780 bits per heavy atom. The second kappa shape index (κ2) is 14.2. The molecule has 1 heterocycles. The second-order valence-corrected chi connectivity index (χ2v) is 14.9. The number of rotatable bonds is 9. The summed E-state index contributed by atoms with van der Waals surface area (Å²) in [5.41, 5.74) is 9.80. The number of anilines is 5. The van der Waals surface area contributed by atoms with E-state index in [0.29, 0.717) is 5.71 Å². The molecular weight excluding hydrogens is 613 g/mol. The molecular formula is C45H48N4O. The Hall–Kier alpha value is -5.42. The molecule has 5 aromatic rings. The van der Waals surface area contributed by atoms with Gasteiger partial charge in [-0.3, -0.25) is 4.90 Å². The third kappa shape index (κ3) is 7.28. The Kier molecular flexibility index (Phi) is 9.79. The fourth-order valence-corrected chi connectivity index (χ4v) is 6.70. The number of methoxy groups -OCH3 is 1. The molecule has 1 atom stereocenters. The van der Waals surface area contributed by atoms with Gasteiger partial charge in [0, 0.05) is 34.4 Å². The van der Waals surface area contributed by atoms with Gasteiger partial charge in [0.2, 0.25) is 0 Å². The SMILES string of the molecule is COC1=C(C(C)(C)C)C=C(C(C)(C)C)CC1C(=N)c1ccccc1Nc1cccc(N(c2ccccn2)c2ccccc2-c2ccccc2)c1. The van der Waals surface area contributed by atoms with Crippen LogP contribution in [0.1, 0.15) is 53.5 Å². The molecule has 1 aliphatic carbocycles. The van der Waals surface area contributed by atoms with Crippen LogP contribution in [0.5, 0.6) is 0 Å². The molecule has 5 heteroatoms. The topological polar surface area (TPSA) is 61.2 Å². The molecule has 0 fully saturated rings. The van der Waals surface area contributed by atoms with Crippen molar-refractivity contribution < 1.29 is 4.74 Å². The van der Waals surface area contributed by atoms with Crippen molar-refractivity contribution in [3.8, 4) is 11.1 Å². The highest BCUT2D eigenvalue weighted by molar-refractivity contribution is 6.06. The fraction of sp³-hybridized carbons (Fsp3) is 0.244. The first kappa shape index (κ1) is 34.4. The molecule has 50 heavy (non-hydrogen) atoms. The molecule has 254 valence electrons. The lowest BCUT2D eigenvalue weighted by Gasteiger charge is -2.37. The molecule has 0 saturated heterocycles. The zero-order chi connectivity index (χ0) is 35.5. The molecule has 2 N–H and O–H groups in total. The summed E-state index contributed by atoms with van der Waals surface area (Å²) in [6.45, 7) is 13.4. The van der Waals surface area contributed by atoms with Crippen molar-refractivity contribution >= 4 is 34.3 Å². The molecule has 1 unspecified atom stereocenters. The van der Waals surface area contributed by atoms with E-state index >= 15 is 0 Å². The third-order valence-corrected chi connectivity index (χ3v) is 9.37. The molecule has 0 spiro atoms. The van der Waals surface area contributed by atoms with Gasteiger partial charge in [-0.05, 0) is 70.9 Å². The van der Waals surface area contributed by atoms with Crippen LogP contribution < -0.4 is 10.2 Å². The first-order valence-electron chi connectivity index (χ1n) is 17.4. The van der Waals surface area contributed by atoms with E-state index in [4.69, 9.17) is 9.72 Å². The second-order valence-electron chi connectivity index (χ2n) is 14.9. The maximum Gasteiger partial charge on any atom is 0.137 e. The van der Waals surface area contributed by atoms with Crippen molar-refractivity contribution in [2.75, 3.05) is 17.3 Å². The lowest BCUT2D eigenvalue weighted by Crippen LogP contribution is -2.29. The van der Waals surface area contributed by atoms with Crippen LogP contribution in [0.3, 0.4) is 0 Å². The molecule has 1 aromatic heterocycles. The standard InChI is InChI=1S/C45H48N4O/c1-44(2,3)32-28-37(43(50-7)38(29-32)45(4,5)6)42(46)36-23-11-13-24-39(36)48-33-20-17-21-34(30-33)49(41-26-15-16-27-47-41)40-25-14-12-22-35(40)31-18-9-8-10-19-31/h8-27,29-30,37,46,48H,28H2,1-7H3. The number of hydrogen-bond donors (Lipinski definition) is 2. The quantitative estimate of drug-likeness (QED) is 0.154. The largest absolute Gasteiger partial charge is 0.500 e. The van der Waals surface area contributed by atoms with Gasteiger partial charge in [-0.2, -0.15) is 0 Å². The van der Waals surface area contributed by atoms with Gasteiger partial charge in [-0.25, -0.2) is 4.98 Å². The monoisotopic (exact) mass is 660 g/mol. The van der Waals surface area contributed by atoms with E-state index in [1.165, 1.54) is 5.57 Å². The van der Waals surface area contributed by atoms with Crippen molar-refractivity contribution in [2.24, 2.45) is 16.7 Å². The van der Waals surface area contributed by atoms with Gasteiger partial charge >= 0.3 is 0 Å². The Morgan fingerprint density at radius 2 is 1.48 bits per heavy atom. The third-order valence-electron chi connectivity index (χ3n) is 9.37. The zero-order valence-electron chi connectivity index (χ0n) is 30.3. The number of hydrogen-bond acceptors (Lipinski definition) is 5. The van der Waals surface area contributed by atoms with Gasteiger partial charge in [0.05, 0.1) is 24.4 Å². The molecule has 6 rings (SSSR count). The van der Waals surface area contributed by atoms with Gasteiger partial charge in [-0.1, -0.05) is 132 Å². The minimum atomic E-state index is -0.197. The average Bonchev–Trinajstić information content (AvgIpc) is 3.11. The fourth-order valence-electron chi connectivity index (χ4n) is 6.70. The summed E-state index contributed by atoms with van der Waals surface area (Å²) in [6.07, 6.45) is 4.90. The number of nitrogens with one attached hydrogen (secondary N) is 2. The number of allylic oxidation sites excluding steroid dienone is 4. The summed E-state index contributed by atoms with van der Waals surface area (Å²) in [7, 11) is 1.75. The van der Waals surface area contributed by atoms with Gasteiger partial charge in [-0.15, -0.1) is 0 Å². The molecule has 1 aliphatic rings. The molecule has 0 bridgehead atoms. The van der Waals surface area contributed by atoms with E-state index in [1.54, 1.807) is 7.11 Å². The van der Waals surface area contributed by atoms with Crippen LogP contribution in [-0.4, -0.2) is 17.8 Å². The van der Waals surface area contributed by atoms with E-state index in [2.05, 4.69) is 137 Å². The van der Waals surface area contributed by atoms with Crippen LogP contribution >= 0.6 is 0 Å². The minimum absolute atomic E-state index is 0.0227. The van der Waals surface area contributed by atoms with Crippen molar-refractivity contribution in [3.05, 3.63) is 156 Å². The summed E-state index contributed by atoms with van der Waals surface area (Å²) < 4.78 is 6.13. The summed E-state index contributed by atoms with van der Waals surface area (Å²) in [4.78, 5) is 6.99. The average molecular weight is 661 g/mol. The van der Waals surface area contributed by atoms with Crippen molar-refractivity contribution in [1.29, 1.82) is 5.41 Å². The first-order valence-corrected chi connectivity index (χ1v) is 17.4. The van der Waals surface area contributed by atoms with Crippen LogP contribution in [0.4, 0.5) is 28.6 Å². The maximum absolute atomic E-state index is 9.70. The van der Waals surface area contributed by atoms with Crippen LogP contribution in [0.2, 0.25) is 0 Å². The smallest absolute Gasteiger partial charge is 0.137 e. The van der Waals surface area contributed by atoms with Crippen molar-refractivity contribution in [2.45, 2.75) is 48.0 Å². The number of pyridine rings is 1. The van der Waals surface area contributed by atoms with E-state index in [1.807, 2.05) is 48.7 Å². The molecule has 0 saturated carbocycles. The first-order chi connectivity index (χ1) is 24.0. The molecule has 0 amide bonds. The zero-order valence-corrected chi connectivity index (χ0v) is 30.3. The van der Waals surface area contributed by atoms with Crippen molar-refractivity contribution in [3.63, 3.8) is 0 Å². The Labute approximate surface area is 297 Å². The number of ether oxygens (including phenoxy) is 1. The van der Waals surface area contributed by atoms with Crippen molar-refractivity contribution in [1.82, 2.24) is 4.98 Å². The highest BCUT2D eigenvalue weighted by Gasteiger charge is 2.36. The Morgan fingerprint density at radius 3 is 2.18 bits per heavy atom. The van der Waals surface area contributed by atoms with Gasteiger partial charge in [0.25, 0.3) is 0 Å². The number of benzene rings is 4. The molecule has 0 aliphatic heterocycles. The minimum Gasteiger partial charge on any atom is -0.500 e. The Balaban J connectivity index is 1.39. The predicted octanol–water partition coefficient (Wildman–Crippen LogP) is 12.3. The van der Waals surface area contributed by atoms with E-state index in [9.17, 15) is 5.41 Å². The lowest BCUT2D eigenvalue weighted by atomic mass is 9.70. The van der Waals surface area contributed by atoms with Crippen LogP contribution in [-0.2, 0) is 4.74 Å². The van der Waals surface area contributed by atoms with E-state index < -0.39 is 0 Å². The number of nitrogens with zero attached hydrogens (tertiary/aromatic N) is 2. The molecule has 0 radical (unpaired) electrons. The predicted molar refractivity (Wildman–Crippen MR) is 210 cm³/mol. The lowest BCUT2D eigenvalue weighted by molar-refractivity contribution is 0.240. The van der Waals surface area contributed by atoms with Crippen LogP contribution in [0.25, 0.3) is 11.1 Å². The molecule has 4 aromatic carbocycles. The van der Waals surface area contributed by atoms with Crippen LogP contribution in [0.15, 0.2) is 151 Å². The number of aromatic nitrogens is 1. The Bertz CT molecular complexity index is 2030. The van der Waals surface area contributed by atoms with Crippen LogP contribution in [0, 0.1) is 22.2 Å². The van der Waals surface area contributed by atoms with E-state index in [-0.39, 0.29) is 16.7 Å². The maximum atomic E-state index is 9.70. The number of para-hydroxylation sites is 2. The van der Waals surface area contributed by atoms with Gasteiger partial charge in [0.15, 0.2) is 0 Å². The normalized spacial score (nSPS) is 14.9. The summed E-state index contributed by atoms with van der Waals surface area (Å²) >= 11 is 0.